The number of carbonyl (C=O) groups excluding carboxylic acids is 2. The van der Waals surface area contributed by atoms with Gasteiger partial charge in [0.2, 0.25) is 0 Å². The Morgan fingerprint density at radius 2 is 1.78 bits per heavy atom. The van der Waals surface area contributed by atoms with Gasteiger partial charge in [-0.3, -0.25) is 9.59 Å². The molecule has 0 bridgehead atoms. The normalized spacial score (nSPS) is 10.5. The van der Waals surface area contributed by atoms with Gasteiger partial charge in [-0.15, -0.1) is 6.58 Å². The predicted octanol–water partition coefficient (Wildman–Crippen LogP) is 3.80. The molecule has 0 aromatic heterocycles. The molecule has 0 spiro atoms. The van der Waals surface area contributed by atoms with E-state index in [9.17, 15) is 9.59 Å². The monoisotopic (exact) mass is 404 g/mol. The SMILES string of the molecule is C=CCNC(=O)C(=O)N/N=C\c1cc(Cl)ccc1Nc1cc(Cl)ccc1C. The highest BCUT2D eigenvalue weighted by Crippen LogP contribution is 2.27. The molecule has 2 rings (SSSR count). The van der Waals surface area contributed by atoms with Crippen LogP contribution in [0.25, 0.3) is 0 Å². The Hall–Kier alpha value is -2.83. The maximum atomic E-state index is 11.6. The van der Waals surface area contributed by atoms with Crippen molar-refractivity contribution >= 4 is 52.6 Å². The Kier molecular flexibility index (Phi) is 7.40. The fourth-order valence-electron chi connectivity index (χ4n) is 2.08. The number of benzene rings is 2. The van der Waals surface area contributed by atoms with Crippen molar-refractivity contribution in [3.05, 3.63) is 70.2 Å². The van der Waals surface area contributed by atoms with Crippen LogP contribution in [-0.2, 0) is 9.59 Å². The Bertz CT molecular complexity index is 897. The van der Waals surface area contributed by atoms with Gasteiger partial charge in [-0.2, -0.15) is 5.10 Å². The first-order valence-electron chi connectivity index (χ1n) is 7.95. The number of aryl methyl sites for hydroxylation is 1. The summed E-state index contributed by atoms with van der Waals surface area (Å²) in [5.41, 5.74) is 5.32. The first-order valence-corrected chi connectivity index (χ1v) is 8.71. The zero-order valence-corrected chi connectivity index (χ0v) is 16.1. The molecule has 0 aliphatic carbocycles. The molecule has 0 heterocycles. The number of nitrogens with one attached hydrogen (secondary N) is 3. The van der Waals surface area contributed by atoms with Crippen molar-refractivity contribution in [1.82, 2.24) is 10.7 Å². The lowest BCUT2D eigenvalue weighted by Gasteiger charge is -2.12. The van der Waals surface area contributed by atoms with Gasteiger partial charge in [0.15, 0.2) is 0 Å². The van der Waals surface area contributed by atoms with Gasteiger partial charge in [-0.1, -0.05) is 35.3 Å². The van der Waals surface area contributed by atoms with Gasteiger partial charge in [0.05, 0.1) is 6.21 Å². The highest BCUT2D eigenvalue weighted by Gasteiger charge is 2.11. The molecule has 0 unspecified atom stereocenters. The van der Waals surface area contributed by atoms with E-state index >= 15 is 0 Å². The predicted molar refractivity (Wildman–Crippen MR) is 110 cm³/mol. The summed E-state index contributed by atoms with van der Waals surface area (Å²) in [5, 5.41) is 10.5. The van der Waals surface area contributed by atoms with E-state index in [0.717, 1.165) is 11.3 Å². The van der Waals surface area contributed by atoms with Gasteiger partial charge in [0.1, 0.15) is 0 Å². The second-order valence-corrected chi connectivity index (χ2v) is 6.39. The number of anilines is 2. The van der Waals surface area contributed by atoms with Crippen LogP contribution in [0.2, 0.25) is 10.0 Å². The summed E-state index contributed by atoms with van der Waals surface area (Å²) < 4.78 is 0. The average Bonchev–Trinajstić information content (AvgIpc) is 2.64. The topological polar surface area (TPSA) is 82.6 Å². The number of hydrogen-bond acceptors (Lipinski definition) is 4. The van der Waals surface area contributed by atoms with Gasteiger partial charge >= 0.3 is 11.8 Å². The van der Waals surface area contributed by atoms with Gasteiger partial charge in [0.25, 0.3) is 0 Å². The first-order chi connectivity index (χ1) is 12.9. The second kappa shape index (κ2) is 9.75. The minimum absolute atomic E-state index is 0.192. The number of carbonyl (C=O) groups is 2. The van der Waals surface area contributed by atoms with E-state index in [1.165, 1.54) is 12.3 Å². The minimum Gasteiger partial charge on any atom is -0.355 e. The standard InChI is InChI=1S/C19H18Cl2N4O2/c1-3-8-22-18(26)19(27)25-23-11-13-9-14(20)6-7-16(13)24-17-10-15(21)5-4-12(17)2/h3-7,9-11,24H,1,8H2,2H3,(H,22,26)(H,25,27)/b23-11-. The summed E-state index contributed by atoms with van der Waals surface area (Å²) in [6.45, 7) is 5.59. The van der Waals surface area contributed by atoms with E-state index < -0.39 is 11.8 Å². The molecule has 0 saturated heterocycles. The van der Waals surface area contributed by atoms with E-state index in [2.05, 4.69) is 27.7 Å². The molecule has 3 N–H and O–H groups in total. The van der Waals surface area contributed by atoms with E-state index in [0.29, 0.717) is 21.3 Å². The van der Waals surface area contributed by atoms with Crippen LogP contribution in [0.15, 0.2) is 54.2 Å². The summed E-state index contributed by atoms with van der Waals surface area (Å²) >= 11 is 12.1. The van der Waals surface area contributed by atoms with Crippen molar-refractivity contribution < 1.29 is 9.59 Å². The molecule has 0 aliphatic rings. The van der Waals surface area contributed by atoms with Crippen LogP contribution < -0.4 is 16.1 Å². The maximum absolute atomic E-state index is 11.6. The molecule has 2 aromatic carbocycles. The molecular weight excluding hydrogens is 387 g/mol. The summed E-state index contributed by atoms with van der Waals surface area (Å²) in [5.74, 6) is -1.68. The van der Waals surface area contributed by atoms with Crippen LogP contribution >= 0.6 is 23.2 Å². The summed E-state index contributed by atoms with van der Waals surface area (Å²) in [7, 11) is 0. The molecule has 2 amide bonds. The summed E-state index contributed by atoms with van der Waals surface area (Å²) in [6.07, 6.45) is 2.86. The Balaban J connectivity index is 2.16. The molecule has 0 saturated carbocycles. The Morgan fingerprint density at radius 3 is 2.52 bits per heavy atom. The van der Waals surface area contributed by atoms with Crippen LogP contribution in [0.1, 0.15) is 11.1 Å². The van der Waals surface area contributed by atoms with E-state index in [4.69, 9.17) is 23.2 Å². The van der Waals surface area contributed by atoms with E-state index in [-0.39, 0.29) is 6.54 Å². The van der Waals surface area contributed by atoms with Crippen molar-refractivity contribution in [1.29, 1.82) is 0 Å². The summed E-state index contributed by atoms with van der Waals surface area (Å²) in [6, 6.07) is 10.7. The van der Waals surface area contributed by atoms with Gasteiger partial charge in [-0.05, 0) is 42.8 Å². The molecule has 27 heavy (non-hydrogen) atoms. The Morgan fingerprint density at radius 1 is 1.07 bits per heavy atom. The quantitative estimate of drug-likeness (QED) is 0.296. The number of halogens is 2. The van der Waals surface area contributed by atoms with Gasteiger partial charge in [0, 0.05) is 33.5 Å². The zero-order valence-electron chi connectivity index (χ0n) is 14.6. The van der Waals surface area contributed by atoms with Crippen LogP contribution in [0.5, 0.6) is 0 Å². The lowest BCUT2D eigenvalue weighted by atomic mass is 10.1. The lowest BCUT2D eigenvalue weighted by molar-refractivity contribution is -0.139. The third-order valence-electron chi connectivity index (χ3n) is 3.47. The number of hydrazone groups is 1. The lowest BCUT2D eigenvalue weighted by Crippen LogP contribution is -2.37. The fraction of sp³-hybridized carbons (Fsp3) is 0.105. The molecule has 0 radical (unpaired) electrons. The minimum atomic E-state index is -0.879. The Labute approximate surface area is 167 Å². The molecule has 0 atom stereocenters. The molecule has 0 fully saturated rings. The van der Waals surface area contributed by atoms with Crippen molar-refractivity contribution in [2.75, 3.05) is 11.9 Å². The average molecular weight is 405 g/mol. The third kappa shape index (κ3) is 6.13. The molecule has 2 aromatic rings. The van der Waals surface area contributed by atoms with Crippen LogP contribution in [-0.4, -0.2) is 24.6 Å². The molecule has 6 nitrogen and oxygen atoms in total. The van der Waals surface area contributed by atoms with Crippen LogP contribution in [0.4, 0.5) is 11.4 Å². The van der Waals surface area contributed by atoms with Gasteiger partial charge < -0.3 is 10.6 Å². The van der Waals surface area contributed by atoms with Crippen molar-refractivity contribution in [2.24, 2.45) is 5.10 Å². The maximum Gasteiger partial charge on any atom is 0.329 e. The van der Waals surface area contributed by atoms with Crippen molar-refractivity contribution in [3.63, 3.8) is 0 Å². The van der Waals surface area contributed by atoms with Crippen LogP contribution in [0.3, 0.4) is 0 Å². The highest BCUT2D eigenvalue weighted by molar-refractivity contribution is 6.35. The van der Waals surface area contributed by atoms with E-state index in [1.807, 2.05) is 13.0 Å². The van der Waals surface area contributed by atoms with E-state index in [1.54, 1.807) is 30.3 Å². The molecule has 0 aliphatic heterocycles. The highest BCUT2D eigenvalue weighted by atomic mass is 35.5. The number of amides is 2. The number of rotatable bonds is 6. The number of hydrogen-bond donors (Lipinski definition) is 3. The zero-order chi connectivity index (χ0) is 19.8. The van der Waals surface area contributed by atoms with Crippen LogP contribution in [0, 0.1) is 6.92 Å². The van der Waals surface area contributed by atoms with Crippen molar-refractivity contribution in [2.45, 2.75) is 6.92 Å². The van der Waals surface area contributed by atoms with Crippen molar-refractivity contribution in [3.8, 4) is 0 Å². The molecule has 8 heteroatoms. The largest absolute Gasteiger partial charge is 0.355 e. The molecular formula is C19H18Cl2N4O2. The molecule has 140 valence electrons. The number of nitrogens with zero attached hydrogens (tertiary/aromatic N) is 1. The first kappa shape index (κ1) is 20.5. The third-order valence-corrected chi connectivity index (χ3v) is 3.94. The smallest absolute Gasteiger partial charge is 0.329 e. The summed E-state index contributed by atoms with van der Waals surface area (Å²) in [4.78, 5) is 23.1. The van der Waals surface area contributed by atoms with Gasteiger partial charge in [-0.25, -0.2) is 5.43 Å². The second-order valence-electron chi connectivity index (χ2n) is 5.51. The fourth-order valence-corrected chi connectivity index (χ4v) is 2.44.